The minimum atomic E-state index is -0.287. The van der Waals surface area contributed by atoms with Crippen LogP contribution in [0.2, 0.25) is 0 Å². The van der Waals surface area contributed by atoms with Crippen molar-refractivity contribution in [1.82, 2.24) is 4.98 Å². The van der Waals surface area contributed by atoms with Crippen LogP contribution in [0, 0.1) is 0 Å². The van der Waals surface area contributed by atoms with Crippen LogP contribution in [-0.4, -0.2) is 38.2 Å². The van der Waals surface area contributed by atoms with Gasteiger partial charge in [0, 0.05) is 49.6 Å². The van der Waals surface area contributed by atoms with Crippen molar-refractivity contribution in [2.24, 2.45) is 0 Å². The molecule has 1 atom stereocenters. The van der Waals surface area contributed by atoms with Crippen molar-refractivity contribution in [3.05, 3.63) is 83.2 Å². The van der Waals surface area contributed by atoms with Gasteiger partial charge in [0.25, 0.3) is 0 Å². The predicted octanol–water partition coefficient (Wildman–Crippen LogP) is 5.90. The molecule has 34 heavy (non-hydrogen) atoms. The van der Waals surface area contributed by atoms with Crippen molar-refractivity contribution in [2.75, 3.05) is 37.0 Å². The van der Waals surface area contributed by atoms with Crippen molar-refractivity contribution >= 4 is 23.0 Å². The molecule has 0 bridgehead atoms. The highest BCUT2D eigenvalue weighted by molar-refractivity contribution is 5.90. The Hall–Kier alpha value is -3.34. The number of carbonyl (C=O) groups is 1. The summed E-state index contributed by atoms with van der Waals surface area (Å²) in [6, 6.07) is 17.6. The van der Waals surface area contributed by atoms with Gasteiger partial charge in [0.1, 0.15) is 0 Å². The number of fused-ring (bicyclic) bond motifs is 1. The van der Waals surface area contributed by atoms with E-state index in [9.17, 15) is 4.79 Å². The van der Waals surface area contributed by atoms with E-state index in [1.165, 1.54) is 61.2 Å². The first-order valence-corrected chi connectivity index (χ1v) is 12.4. The Bertz CT molecular complexity index is 1150. The van der Waals surface area contributed by atoms with E-state index in [0.717, 1.165) is 31.2 Å². The lowest BCUT2D eigenvalue weighted by Crippen LogP contribution is -2.17. The molecule has 176 valence electrons. The molecule has 0 unspecified atom stereocenters. The molecule has 2 heterocycles. The van der Waals surface area contributed by atoms with Gasteiger partial charge in [-0.15, -0.1) is 0 Å². The number of methoxy groups -OCH3 is 1. The highest BCUT2D eigenvalue weighted by Gasteiger charge is 2.24. The number of benzene rings is 2. The maximum atomic E-state index is 12.1. The molecule has 2 aliphatic rings. The molecule has 3 aromatic rings. The Kier molecular flexibility index (Phi) is 6.52. The van der Waals surface area contributed by atoms with Crippen LogP contribution in [0.4, 0.5) is 17.1 Å². The molecule has 1 aliphatic heterocycles. The Balaban J connectivity index is 1.26. The van der Waals surface area contributed by atoms with E-state index in [0.29, 0.717) is 11.5 Å². The predicted molar refractivity (Wildman–Crippen MR) is 137 cm³/mol. The summed E-state index contributed by atoms with van der Waals surface area (Å²) >= 11 is 0. The number of rotatable bonds is 7. The minimum Gasteiger partial charge on any atom is -0.465 e. The Morgan fingerprint density at radius 2 is 1.85 bits per heavy atom. The van der Waals surface area contributed by atoms with Crippen molar-refractivity contribution < 1.29 is 9.53 Å². The van der Waals surface area contributed by atoms with Gasteiger partial charge in [-0.25, -0.2) is 4.79 Å². The van der Waals surface area contributed by atoms with Crippen LogP contribution in [0.3, 0.4) is 0 Å². The second-order valence-electron chi connectivity index (χ2n) is 9.45. The monoisotopic (exact) mass is 455 g/mol. The summed E-state index contributed by atoms with van der Waals surface area (Å²) in [7, 11) is 3.58. The van der Waals surface area contributed by atoms with Gasteiger partial charge in [-0.3, -0.25) is 4.98 Å². The van der Waals surface area contributed by atoms with Crippen LogP contribution >= 0.6 is 0 Å². The molecule has 1 saturated heterocycles. The molecular weight excluding hydrogens is 422 g/mol. The third kappa shape index (κ3) is 4.52. The van der Waals surface area contributed by atoms with Crippen LogP contribution in [0.1, 0.15) is 58.6 Å². The van der Waals surface area contributed by atoms with E-state index in [1.807, 2.05) is 0 Å². The smallest absolute Gasteiger partial charge is 0.338 e. The molecule has 5 rings (SSSR count). The summed E-state index contributed by atoms with van der Waals surface area (Å²) < 4.78 is 4.94. The summed E-state index contributed by atoms with van der Waals surface area (Å²) in [5.74, 6) is 0.227. The van der Waals surface area contributed by atoms with Crippen molar-refractivity contribution in [3.63, 3.8) is 0 Å². The van der Waals surface area contributed by atoms with Gasteiger partial charge in [0.15, 0.2) is 0 Å². The Labute approximate surface area is 202 Å². The highest BCUT2D eigenvalue weighted by Crippen LogP contribution is 2.39. The quantitative estimate of drug-likeness (QED) is 0.415. The van der Waals surface area contributed by atoms with Crippen LogP contribution in [0.5, 0.6) is 0 Å². The topological polar surface area (TPSA) is 45.7 Å². The number of nitrogens with zero attached hydrogens (tertiary/aromatic N) is 3. The fourth-order valence-electron chi connectivity index (χ4n) is 5.48. The largest absolute Gasteiger partial charge is 0.465 e. The van der Waals surface area contributed by atoms with Crippen molar-refractivity contribution in [1.29, 1.82) is 0 Å². The summed E-state index contributed by atoms with van der Waals surface area (Å²) in [6.45, 7) is 2.35. The molecule has 1 aliphatic carbocycles. The SMILES string of the molecule is COC(=O)c1ccncc1CC[C@@H]1CCc2cc(N(C)c3ccc(N4CCCC4)cc3)ccc21. The number of aryl methyl sites for hydroxylation is 2. The van der Waals surface area contributed by atoms with Crippen molar-refractivity contribution in [3.8, 4) is 0 Å². The summed E-state index contributed by atoms with van der Waals surface area (Å²) in [6.07, 6.45) is 10.1. The van der Waals surface area contributed by atoms with E-state index < -0.39 is 0 Å². The molecule has 1 aromatic heterocycles. The molecule has 5 nitrogen and oxygen atoms in total. The van der Waals surface area contributed by atoms with Gasteiger partial charge >= 0.3 is 5.97 Å². The number of anilines is 3. The maximum Gasteiger partial charge on any atom is 0.338 e. The normalized spacial score (nSPS) is 17.0. The third-order valence-corrected chi connectivity index (χ3v) is 7.50. The first-order valence-electron chi connectivity index (χ1n) is 12.4. The number of hydrogen-bond acceptors (Lipinski definition) is 5. The molecule has 0 amide bonds. The van der Waals surface area contributed by atoms with Crippen LogP contribution in [-0.2, 0) is 17.6 Å². The molecule has 0 radical (unpaired) electrons. The number of ether oxygens (including phenoxy) is 1. The molecule has 1 fully saturated rings. The number of carbonyl (C=O) groups excluding carboxylic acids is 1. The van der Waals surface area contributed by atoms with E-state index in [1.54, 1.807) is 18.5 Å². The fraction of sp³-hybridized carbons (Fsp3) is 0.379. The molecule has 0 spiro atoms. The lowest BCUT2D eigenvalue weighted by atomic mass is 9.93. The number of aromatic nitrogens is 1. The van der Waals surface area contributed by atoms with Crippen LogP contribution in [0.15, 0.2) is 60.9 Å². The molecule has 0 N–H and O–H groups in total. The zero-order chi connectivity index (χ0) is 23.5. The number of pyridine rings is 1. The maximum absolute atomic E-state index is 12.1. The van der Waals surface area contributed by atoms with Gasteiger partial charge in [0.2, 0.25) is 0 Å². The second-order valence-corrected chi connectivity index (χ2v) is 9.45. The first-order chi connectivity index (χ1) is 16.6. The fourth-order valence-corrected chi connectivity index (χ4v) is 5.48. The Morgan fingerprint density at radius 1 is 1.09 bits per heavy atom. The Morgan fingerprint density at radius 3 is 2.62 bits per heavy atom. The first kappa shape index (κ1) is 22.5. The third-order valence-electron chi connectivity index (χ3n) is 7.50. The lowest BCUT2D eigenvalue weighted by Gasteiger charge is -2.23. The van der Waals surface area contributed by atoms with Gasteiger partial charge in [0.05, 0.1) is 12.7 Å². The zero-order valence-electron chi connectivity index (χ0n) is 20.2. The summed E-state index contributed by atoms with van der Waals surface area (Å²) in [5.41, 5.74) is 8.26. The lowest BCUT2D eigenvalue weighted by molar-refractivity contribution is 0.0599. The molecule has 5 heteroatoms. The van der Waals surface area contributed by atoms with Crippen LogP contribution in [0.25, 0.3) is 0 Å². The molecule has 0 saturated carbocycles. The van der Waals surface area contributed by atoms with E-state index >= 15 is 0 Å². The average molecular weight is 456 g/mol. The van der Waals surface area contributed by atoms with Gasteiger partial charge < -0.3 is 14.5 Å². The minimum absolute atomic E-state index is 0.287. The van der Waals surface area contributed by atoms with E-state index in [4.69, 9.17) is 4.74 Å². The van der Waals surface area contributed by atoms with Gasteiger partial charge in [-0.2, -0.15) is 0 Å². The van der Waals surface area contributed by atoms with E-state index in [2.05, 4.69) is 64.3 Å². The summed E-state index contributed by atoms with van der Waals surface area (Å²) in [4.78, 5) is 21.0. The number of esters is 1. The zero-order valence-corrected chi connectivity index (χ0v) is 20.2. The average Bonchev–Trinajstić information content (AvgIpc) is 3.57. The summed E-state index contributed by atoms with van der Waals surface area (Å²) in [5, 5.41) is 0. The number of hydrogen-bond donors (Lipinski definition) is 0. The standard InChI is InChI=1S/C29H33N3O2/c1-31(24-9-11-25(12-10-24)32-17-3-4-18-32)26-13-14-27-21(5-7-22(27)19-26)6-8-23-20-30-16-15-28(23)29(33)34-2/h9-16,19-21H,3-8,17-18H2,1-2H3/t21-/m0/s1. The van der Waals surface area contributed by atoms with Crippen LogP contribution < -0.4 is 9.80 Å². The van der Waals surface area contributed by atoms with Gasteiger partial charge in [-0.1, -0.05) is 6.07 Å². The van der Waals surface area contributed by atoms with Gasteiger partial charge in [-0.05, 0) is 104 Å². The molecular formula is C29H33N3O2. The van der Waals surface area contributed by atoms with Crippen molar-refractivity contribution in [2.45, 2.75) is 44.4 Å². The molecule has 2 aromatic carbocycles. The highest BCUT2D eigenvalue weighted by atomic mass is 16.5. The van der Waals surface area contributed by atoms with E-state index in [-0.39, 0.29) is 5.97 Å². The second kappa shape index (κ2) is 9.88.